The minimum absolute atomic E-state index is 0.241. The molecule has 1 aromatic carbocycles. The van der Waals surface area contributed by atoms with Crippen LogP contribution in [0.1, 0.15) is 30.9 Å². The van der Waals surface area contributed by atoms with E-state index in [4.69, 9.17) is 10.5 Å². The molecule has 5 heteroatoms. The van der Waals surface area contributed by atoms with Crippen molar-refractivity contribution in [3.05, 3.63) is 23.3 Å². The molecule has 0 aliphatic heterocycles. The van der Waals surface area contributed by atoms with Gasteiger partial charge in [-0.15, -0.1) is 0 Å². The van der Waals surface area contributed by atoms with E-state index < -0.39 is 11.8 Å². The van der Waals surface area contributed by atoms with Gasteiger partial charge in [0.2, 0.25) is 0 Å². The van der Waals surface area contributed by atoms with E-state index in [0.29, 0.717) is 5.69 Å². The number of hydrogen-bond donors (Lipinski definition) is 2. The predicted molar refractivity (Wildman–Crippen MR) is 69.6 cm³/mol. The summed E-state index contributed by atoms with van der Waals surface area (Å²) in [5, 5.41) is 2.49. The van der Waals surface area contributed by atoms with Gasteiger partial charge in [0, 0.05) is 5.69 Å². The zero-order valence-electron chi connectivity index (χ0n) is 11.0. The average molecular weight is 250 g/mol. The normalized spacial score (nSPS) is 10.3. The van der Waals surface area contributed by atoms with E-state index in [-0.39, 0.29) is 5.92 Å². The van der Waals surface area contributed by atoms with E-state index >= 15 is 0 Å². The van der Waals surface area contributed by atoms with Crippen LogP contribution in [0, 0.1) is 6.92 Å². The van der Waals surface area contributed by atoms with Gasteiger partial charge < -0.3 is 15.8 Å². The lowest BCUT2D eigenvalue weighted by molar-refractivity contribution is -0.134. The number of rotatable bonds is 3. The van der Waals surface area contributed by atoms with Gasteiger partial charge in [-0.1, -0.05) is 13.8 Å². The van der Waals surface area contributed by atoms with Crippen molar-refractivity contribution >= 4 is 17.5 Å². The number of carbonyl (C=O) groups is 2. The number of amides is 2. The van der Waals surface area contributed by atoms with Crippen molar-refractivity contribution in [1.82, 2.24) is 0 Å². The van der Waals surface area contributed by atoms with Gasteiger partial charge in [-0.25, -0.2) is 0 Å². The molecule has 0 aliphatic carbocycles. The molecule has 2 amide bonds. The minimum atomic E-state index is -1.00. The Kier molecular flexibility index (Phi) is 4.31. The fourth-order valence-electron chi connectivity index (χ4n) is 1.64. The van der Waals surface area contributed by atoms with E-state index in [1.54, 1.807) is 13.2 Å². The average Bonchev–Trinajstić information content (AvgIpc) is 2.30. The molecule has 0 aromatic heterocycles. The molecule has 0 atom stereocenters. The molecule has 1 rings (SSSR count). The molecule has 98 valence electrons. The van der Waals surface area contributed by atoms with Crippen molar-refractivity contribution < 1.29 is 14.3 Å². The Balaban J connectivity index is 3.17. The molecular weight excluding hydrogens is 232 g/mol. The molecule has 0 fully saturated rings. The fourth-order valence-corrected chi connectivity index (χ4v) is 1.64. The second kappa shape index (κ2) is 5.53. The second-order valence-electron chi connectivity index (χ2n) is 4.38. The lowest BCUT2D eigenvalue weighted by Crippen LogP contribution is -2.29. The van der Waals surface area contributed by atoms with Crippen molar-refractivity contribution in [2.24, 2.45) is 5.73 Å². The predicted octanol–water partition coefficient (Wildman–Crippen LogP) is 1.55. The van der Waals surface area contributed by atoms with Gasteiger partial charge in [0.1, 0.15) is 5.75 Å². The highest BCUT2D eigenvalue weighted by Crippen LogP contribution is 2.31. The van der Waals surface area contributed by atoms with Gasteiger partial charge in [0.05, 0.1) is 7.11 Å². The van der Waals surface area contributed by atoms with Crippen LogP contribution in [0.4, 0.5) is 5.69 Å². The van der Waals surface area contributed by atoms with Gasteiger partial charge in [0.25, 0.3) is 0 Å². The summed E-state index contributed by atoms with van der Waals surface area (Å²) in [4.78, 5) is 22.0. The number of anilines is 1. The third-order valence-corrected chi connectivity index (χ3v) is 2.67. The summed E-state index contributed by atoms with van der Waals surface area (Å²) < 4.78 is 5.29. The Labute approximate surface area is 106 Å². The largest absolute Gasteiger partial charge is 0.496 e. The molecule has 0 aliphatic rings. The first-order valence-corrected chi connectivity index (χ1v) is 5.66. The highest BCUT2D eigenvalue weighted by molar-refractivity contribution is 6.39. The summed E-state index contributed by atoms with van der Waals surface area (Å²) in [5.74, 6) is -0.821. The van der Waals surface area contributed by atoms with Gasteiger partial charge in [0.15, 0.2) is 0 Å². The van der Waals surface area contributed by atoms with E-state index in [1.165, 1.54) is 0 Å². The number of hydrogen-bond acceptors (Lipinski definition) is 3. The summed E-state index contributed by atoms with van der Waals surface area (Å²) in [7, 11) is 1.60. The molecule has 0 radical (unpaired) electrons. The zero-order valence-corrected chi connectivity index (χ0v) is 11.0. The zero-order chi connectivity index (χ0) is 13.9. The Morgan fingerprint density at radius 3 is 2.39 bits per heavy atom. The van der Waals surface area contributed by atoms with Gasteiger partial charge in [-0.2, -0.15) is 0 Å². The first-order chi connectivity index (χ1) is 8.36. The van der Waals surface area contributed by atoms with Gasteiger partial charge in [-0.3, -0.25) is 9.59 Å². The molecule has 1 aromatic rings. The molecule has 0 bridgehead atoms. The third kappa shape index (κ3) is 3.00. The minimum Gasteiger partial charge on any atom is -0.496 e. The highest BCUT2D eigenvalue weighted by atomic mass is 16.5. The lowest BCUT2D eigenvalue weighted by atomic mass is 9.99. The van der Waals surface area contributed by atoms with Crippen molar-refractivity contribution in [1.29, 1.82) is 0 Å². The molecule has 0 heterocycles. The number of primary amides is 1. The summed E-state index contributed by atoms with van der Waals surface area (Å²) >= 11 is 0. The van der Waals surface area contributed by atoms with Crippen LogP contribution in [0.5, 0.6) is 5.75 Å². The molecule has 0 unspecified atom stereocenters. The molecular formula is C13H18N2O3. The third-order valence-electron chi connectivity index (χ3n) is 2.67. The van der Waals surface area contributed by atoms with Crippen LogP contribution in [0.15, 0.2) is 12.1 Å². The fraction of sp³-hybridized carbons (Fsp3) is 0.385. The van der Waals surface area contributed by atoms with Crippen LogP contribution in [0.2, 0.25) is 0 Å². The highest BCUT2D eigenvalue weighted by Gasteiger charge is 2.14. The van der Waals surface area contributed by atoms with E-state index in [1.807, 2.05) is 26.8 Å². The van der Waals surface area contributed by atoms with Crippen molar-refractivity contribution in [3.8, 4) is 5.75 Å². The SMILES string of the molecule is COc1cc(C)c(NC(=O)C(N)=O)cc1C(C)C. The van der Waals surface area contributed by atoms with Crippen LogP contribution in [0.3, 0.4) is 0 Å². The number of aryl methyl sites for hydroxylation is 1. The van der Waals surface area contributed by atoms with Crippen LogP contribution in [-0.2, 0) is 9.59 Å². The van der Waals surface area contributed by atoms with Crippen LogP contribution in [0.25, 0.3) is 0 Å². The standard InChI is InChI=1S/C13H18N2O3/c1-7(2)9-6-10(15-13(17)12(14)16)8(3)5-11(9)18-4/h5-7H,1-4H3,(H2,14,16)(H,15,17). The molecule has 0 saturated carbocycles. The first kappa shape index (κ1) is 14.0. The maximum Gasteiger partial charge on any atom is 0.313 e. The molecule has 0 saturated heterocycles. The maximum atomic E-state index is 11.3. The van der Waals surface area contributed by atoms with Crippen LogP contribution in [-0.4, -0.2) is 18.9 Å². The summed E-state index contributed by atoms with van der Waals surface area (Å²) in [6.45, 7) is 5.86. The molecule has 5 nitrogen and oxygen atoms in total. The van der Waals surface area contributed by atoms with E-state index in [2.05, 4.69) is 5.32 Å². The Morgan fingerprint density at radius 1 is 1.33 bits per heavy atom. The maximum absolute atomic E-state index is 11.3. The second-order valence-corrected chi connectivity index (χ2v) is 4.38. The van der Waals surface area contributed by atoms with E-state index in [9.17, 15) is 9.59 Å². The summed E-state index contributed by atoms with van der Waals surface area (Å²) in [5.41, 5.74) is 7.26. The summed E-state index contributed by atoms with van der Waals surface area (Å²) in [6.07, 6.45) is 0. The van der Waals surface area contributed by atoms with Gasteiger partial charge in [-0.05, 0) is 36.1 Å². The lowest BCUT2D eigenvalue weighted by Gasteiger charge is -2.16. The summed E-state index contributed by atoms with van der Waals surface area (Å²) in [6, 6.07) is 3.63. The Bertz CT molecular complexity index is 481. The van der Waals surface area contributed by atoms with Gasteiger partial charge >= 0.3 is 11.8 Å². The number of methoxy groups -OCH3 is 1. The number of nitrogens with two attached hydrogens (primary N) is 1. The Hall–Kier alpha value is -2.04. The van der Waals surface area contributed by atoms with Crippen molar-refractivity contribution in [2.75, 3.05) is 12.4 Å². The van der Waals surface area contributed by atoms with Crippen LogP contribution < -0.4 is 15.8 Å². The molecule has 3 N–H and O–H groups in total. The van der Waals surface area contributed by atoms with Crippen molar-refractivity contribution in [3.63, 3.8) is 0 Å². The smallest absolute Gasteiger partial charge is 0.313 e. The van der Waals surface area contributed by atoms with E-state index in [0.717, 1.165) is 16.9 Å². The Morgan fingerprint density at radius 2 is 1.94 bits per heavy atom. The number of ether oxygens (including phenoxy) is 1. The quantitative estimate of drug-likeness (QED) is 0.798. The topological polar surface area (TPSA) is 81.4 Å². The number of nitrogens with one attached hydrogen (secondary N) is 1. The molecule has 0 spiro atoms. The monoisotopic (exact) mass is 250 g/mol. The molecule has 18 heavy (non-hydrogen) atoms. The van der Waals surface area contributed by atoms with Crippen LogP contribution >= 0.6 is 0 Å². The van der Waals surface area contributed by atoms with Crippen molar-refractivity contribution in [2.45, 2.75) is 26.7 Å². The number of carbonyl (C=O) groups excluding carboxylic acids is 2. The number of benzene rings is 1. The first-order valence-electron chi connectivity index (χ1n) is 5.66.